The zero-order valence-electron chi connectivity index (χ0n) is 41.5. The van der Waals surface area contributed by atoms with Gasteiger partial charge in [-0.15, -0.1) is 22.9 Å². The van der Waals surface area contributed by atoms with E-state index >= 15 is 0 Å². The maximum absolute atomic E-state index is 12.6. The van der Waals surface area contributed by atoms with E-state index in [-0.39, 0.29) is 166 Å². The molecular weight excluding hydrogens is 1180 g/mol. The Labute approximate surface area is 522 Å². The maximum Gasteiger partial charge on any atom is 1.00 e. The van der Waals surface area contributed by atoms with E-state index in [1.54, 1.807) is 18.2 Å². The second-order valence-electron chi connectivity index (χ2n) is 15.7. The number of hydrogen-bond donors (Lipinski definition) is 6. The third kappa shape index (κ3) is 16.6. The van der Waals surface area contributed by atoms with Crippen molar-refractivity contribution in [1.29, 1.82) is 0 Å². The molecule has 0 spiro atoms. The van der Waals surface area contributed by atoms with E-state index in [1.165, 1.54) is 97.1 Å². The Hall–Kier alpha value is -5.86. The summed E-state index contributed by atoms with van der Waals surface area (Å²) >= 11 is 0. The summed E-state index contributed by atoms with van der Waals surface area (Å²) in [6, 6.07) is 30.7. The normalized spacial score (nSPS) is 12.1. The zero-order chi connectivity index (χ0) is 56.2. The minimum atomic E-state index is -5.43. The molecule has 0 aromatic heterocycles. The van der Waals surface area contributed by atoms with E-state index in [1.807, 2.05) is 0 Å². The van der Waals surface area contributed by atoms with E-state index in [2.05, 4.69) is 47.0 Å². The Morgan fingerprint density at radius 2 is 0.900 bits per heavy atom. The van der Waals surface area contributed by atoms with Crippen molar-refractivity contribution in [3.05, 3.63) is 145 Å². The number of phenols is 2. The molecule has 0 bridgehead atoms. The summed E-state index contributed by atoms with van der Waals surface area (Å²) in [7, 11) is -21.6. The van der Waals surface area contributed by atoms with Gasteiger partial charge in [-0.3, -0.25) is 0 Å². The van der Waals surface area contributed by atoms with Crippen LogP contribution in [0.15, 0.2) is 188 Å². The predicted octanol–water partition coefficient (Wildman–Crippen LogP) is -1.27. The Morgan fingerprint density at radius 3 is 1.36 bits per heavy atom. The minimum absolute atomic E-state index is 0. The third-order valence-electron chi connectivity index (χ3n) is 10.6. The molecule has 396 valence electrons. The molecule has 0 amide bonds. The number of phenolic OH excluding ortho intramolecular Hbond substituents is 2. The van der Waals surface area contributed by atoms with E-state index < -0.39 is 72.1 Å². The number of nitrogen functional groups attached to an aromatic ring is 2. The first kappa shape index (κ1) is 66.7. The molecule has 0 radical (unpaired) electrons. The standard InChI is InChI=1S/C45H35N12O12S4.3Na.O3S/c46-34-16-19-36(54-50-27-7-11-30(12-8-27)70(48,60)61)32-15-18-38(44(58)41(32)34)56-52-26-4-1-24(2-5-26)21-25-3-6-29(22-39(25)72(64,65)66)53-57-43-40(73(67,68)69)23-33-37(20-17-35(47)42(33)45(43)59)55-51-28-9-13-31(14-10-28)71(49,62)63;;;;1-4(2)3/h1-17,19-20,22-23,58-59H,21,46-47H2,(H2,48,60,61)(H2,49,62,63)(H,64,65,66)(H,67,68,69);;;;/q-1;3*+1;/p-2. The number of nitrogens with zero attached hydrogens (tertiary/aromatic N) is 8. The van der Waals surface area contributed by atoms with Gasteiger partial charge in [-0.1, -0.05) is 29.0 Å². The number of aromatic hydroxyl groups is 2. The van der Waals surface area contributed by atoms with Crippen LogP contribution in [-0.4, -0.2) is 65.6 Å². The van der Waals surface area contributed by atoms with Gasteiger partial charge in [-0.2, -0.15) is 42.8 Å². The van der Waals surface area contributed by atoms with Gasteiger partial charge in [-0.25, -0.2) is 43.9 Å². The molecule has 0 heterocycles. The number of primary sulfonamides is 2. The largest absolute Gasteiger partial charge is 1.00 e. The average Bonchev–Trinajstić information content (AvgIpc) is 3.39. The Balaban J connectivity index is 0.00000190. The van der Waals surface area contributed by atoms with Gasteiger partial charge in [0.25, 0.3) is 0 Å². The molecule has 0 fully saturated rings. The first-order valence-corrected chi connectivity index (χ1v) is 27.9. The van der Waals surface area contributed by atoms with Crippen molar-refractivity contribution in [1.82, 2.24) is 0 Å². The van der Waals surface area contributed by atoms with Gasteiger partial charge in [0.05, 0.1) is 53.4 Å². The average molecular weight is 1210 g/mol. The Morgan fingerprint density at radius 1 is 0.487 bits per heavy atom. The van der Waals surface area contributed by atoms with Crippen molar-refractivity contribution in [3.8, 4) is 11.5 Å². The van der Waals surface area contributed by atoms with E-state index in [0.29, 0.717) is 28.0 Å². The van der Waals surface area contributed by atoms with Gasteiger partial charge in [0.15, 0.2) is 5.75 Å². The SMILES string of the molecule is Nc1ccc(N=Nc2ccc(S(N)(=O)=O)cc2)c2c[c-]c(N=Nc3ccc(Cc4ccc(N=Nc5c(S(=O)(=O)[O-])cc6c(N=Nc7ccc(S(N)(=O)=O)cc7)ccc(N)c6c5O)cc4S(=O)(=O)[O-])cc3)c(O)c12.O=S(=O)=O.[Na+].[Na+].[Na+]. The fraction of sp³-hybridized carbons (Fsp3) is 0.0222. The number of hydrogen-bond acceptors (Lipinski definition) is 25. The van der Waals surface area contributed by atoms with Crippen LogP contribution in [0.25, 0.3) is 21.5 Å². The molecule has 0 atom stereocenters. The van der Waals surface area contributed by atoms with Crippen LogP contribution in [0.3, 0.4) is 0 Å². The topological polar surface area (TPSA) is 477 Å². The number of nitrogens with two attached hydrogens (primary N) is 4. The molecule has 0 aliphatic carbocycles. The summed E-state index contributed by atoms with van der Waals surface area (Å²) in [6.07, 6.45) is -0.103. The number of rotatable bonds is 14. The van der Waals surface area contributed by atoms with Crippen LogP contribution in [0, 0.1) is 6.07 Å². The van der Waals surface area contributed by atoms with Crippen molar-refractivity contribution in [3.63, 3.8) is 0 Å². The first-order chi connectivity index (χ1) is 36.1. The Bertz CT molecular complexity index is 4410. The van der Waals surface area contributed by atoms with Crippen LogP contribution >= 0.6 is 0 Å². The third-order valence-corrected chi connectivity index (χ3v) is 14.2. The summed E-state index contributed by atoms with van der Waals surface area (Å²) in [5, 5.41) is 65.3. The quantitative estimate of drug-likeness (QED) is 0.0243. The monoisotopic (exact) mass is 1210 g/mol. The molecular formula is C45H33N12Na3O15S5. The fourth-order valence-electron chi connectivity index (χ4n) is 7.10. The van der Waals surface area contributed by atoms with Crippen LogP contribution in [0.2, 0.25) is 0 Å². The molecule has 0 aliphatic heterocycles. The number of anilines is 2. The second kappa shape index (κ2) is 27.3. The van der Waals surface area contributed by atoms with Crippen molar-refractivity contribution in [2.45, 2.75) is 26.0 Å². The summed E-state index contributed by atoms with van der Waals surface area (Å²) in [5.41, 5.74) is 12.7. The Kier molecular flexibility index (Phi) is 22.7. The van der Waals surface area contributed by atoms with Gasteiger partial charge >= 0.3 is 99.3 Å². The van der Waals surface area contributed by atoms with E-state index in [0.717, 1.165) is 12.1 Å². The number of fused-ring (bicyclic) bond motifs is 2. The number of sulfonamides is 2. The summed E-state index contributed by atoms with van der Waals surface area (Å²) in [4.78, 5) is -2.08. The molecule has 10 N–H and O–H groups in total. The van der Waals surface area contributed by atoms with Gasteiger partial charge in [0.1, 0.15) is 25.9 Å². The molecule has 8 rings (SSSR count). The van der Waals surface area contributed by atoms with Crippen molar-refractivity contribution in [2.24, 2.45) is 51.2 Å². The molecule has 0 unspecified atom stereocenters. The maximum atomic E-state index is 12.6. The molecule has 0 aliphatic rings. The summed E-state index contributed by atoms with van der Waals surface area (Å²) in [6.45, 7) is 0. The van der Waals surface area contributed by atoms with Crippen molar-refractivity contribution < 1.29 is 154 Å². The molecule has 8 aromatic rings. The molecule has 0 saturated carbocycles. The van der Waals surface area contributed by atoms with Crippen LogP contribution in [-0.2, 0) is 57.3 Å². The van der Waals surface area contributed by atoms with Crippen molar-refractivity contribution in [2.75, 3.05) is 11.5 Å². The predicted molar refractivity (Wildman–Crippen MR) is 273 cm³/mol. The van der Waals surface area contributed by atoms with Crippen LogP contribution in [0.4, 0.5) is 56.9 Å². The number of benzene rings is 8. The minimum Gasteiger partial charge on any atom is -0.744 e. The van der Waals surface area contributed by atoms with Crippen molar-refractivity contribution >= 4 is 129 Å². The van der Waals surface area contributed by atoms with Crippen LogP contribution in [0.1, 0.15) is 11.1 Å². The molecule has 27 nitrogen and oxygen atoms in total. The van der Waals surface area contributed by atoms with E-state index in [4.69, 9.17) is 34.4 Å². The zero-order valence-corrected chi connectivity index (χ0v) is 51.5. The summed E-state index contributed by atoms with van der Waals surface area (Å²) < 4.78 is 147. The molecule has 80 heavy (non-hydrogen) atoms. The van der Waals surface area contributed by atoms with Crippen LogP contribution in [0.5, 0.6) is 11.5 Å². The first-order valence-electron chi connectivity index (χ1n) is 21.0. The summed E-state index contributed by atoms with van der Waals surface area (Å²) in [5.74, 6) is -1.28. The van der Waals surface area contributed by atoms with E-state index in [9.17, 15) is 53.0 Å². The van der Waals surface area contributed by atoms with Gasteiger partial charge < -0.3 is 30.8 Å². The number of azo groups is 4. The van der Waals surface area contributed by atoms with Gasteiger partial charge in [0.2, 0.25) is 20.0 Å². The molecule has 8 aromatic carbocycles. The molecule has 0 saturated heterocycles. The fourth-order valence-corrected chi connectivity index (χ4v) is 9.49. The van der Waals surface area contributed by atoms with Crippen LogP contribution < -0.4 is 110 Å². The van der Waals surface area contributed by atoms with Gasteiger partial charge in [-0.05, 0) is 121 Å². The second-order valence-corrected chi connectivity index (χ2v) is 22.0. The molecule has 35 heteroatoms. The van der Waals surface area contributed by atoms with Gasteiger partial charge in [0, 0.05) is 33.9 Å². The smallest absolute Gasteiger partial charge is 0.744 e.